The number of rotatable bonds is 6. The second-order valence-electron chi connectivity index (χ2n) is 10.9. The zero-order chi connectivity index (χ0) is 24.5. The number of H-pyrrole nitrogens is 1. The van der Waals surface area contributed by atoms with Crippen LogP contribution in [0.4, 0.5) is 5.69 Å². The van der Waals surface area contributed by atoms with Gasteiger partial charge >= 0.3 is 5.97 Å². The second kappa shape index (κ2) is 10.4. The summed E-state index contributed by atoms with van der Waals surface area (Å²) in [4.78, 5) is 33.7. The molecule has 186 valence electrons. The lowest BCUT2D eigenvalue weighted by Crippen LogP contribution is -2.46. The number of carbonyl (C=O) groups excluding carboxylic acids is 1. The minimum absolute atomic E-state index is 0.0166. The normalized spacial score (nSPS) is 25.8. The summed E-state index contributed by atoms with van der Waals surface area (Å²) in [7, 11) is 0. The minimum atomic E-state index is -0.944. The summed E-state index contributed by atoms with van der Waals surface area (Å²) >= 11 is 3.03. The van der Waals surface area contributed by atoms with Crippen LogP contribution in [0.25, 0.3) is 0 Å². The highest BCUT2D eigenvalue weighted by molar-refractivity contribution is 7.99. The number of anilines is 1. The molecule has 0 radical (unpaired) electrons. The molecule has 2 aromatic heterocycles. The summed E-state index contributed by atoms with van der Waals surface area (Å²) in [5.74, 6) is -0.180. The van der Waals surface area contributed by atoms with E-state index >= 15 is 0 Å². The SMILES string of the molecule is CC1CCC(C(=O)N(c2cc(C(C)(C)C)sc2C(=O)O)C2CCC(Sc3ncn[nH]3)CC2)CC1. The van der Waals surface area contributed by atoms with Crippen molar-refractivity contribution in [3.63, 3.8) is 0 Å². The van der Waals surface area contributed by atoms with Crippen LogP contribution in [0.2, 0.25) is 0 Å². The Bertz CT molecular complexity index is 982. The maximum atomic E-state index is 14.0. The van der Waals surface area contributed by atoms with Gasteiger partial charge in [-0.1, -0.05) is 39.5 Å². The van der Waals surface area contributed by atoms with Crippen molar-refractivity contribution < 1.29 is 14.7 Å². The third-order valence-electron chi connectivity index (χ3n) is 7.19. The summed E-state index contributed by atoms with van der Waals surface area (Å²) < 4.78 is 0. The molecule has 2 fully saturated rings. The zero-order valence-corrected chi connectivity index (χ0v) is 22.2. The monoisotopic (exact) mass is 504 g/mol. The summed E-state index contributed by atoms with van der Waals surface area (Å²) in [5.41, 5.74) is 0.436. The first-order chi connectivity index (χ1) is 16.1. The first-order valence-electron chi connectivity index (χ1n) is 12.4. The van der Waals surface area contributed by atoms with Gasteiger partial charge in [-0.25, -0.2) is 9.78 Å². The standard InChI is InChI=1S/C25H36N4O3S2/c1-15-5-7-16(8-6-15)22(30)29(19-13-20(25(2,3)4)34-21(19)23(31)32)17-9-11-18(12-10-17)33-24-26-14-27-28-24/h13-18H,5-12H2,1-4H3,(H,31,32)(H,26,27,28). The number of thiophene rings is 1. The minimum Gasteiger partial charge on any atom is -0.477 e. The van der Waals surface area contributed by atoms with E-state index in [1.807, 2.05) is 11.0 Å². The number of aromatic amines is 1. The van der Waals surface area contributed by atoms with Gasteiger partial charge in [0.1, 0.15) is 11.2 Å². The first kappa shape index (κ1) is 25.2. The van der Waals surface area contributed by atoms with Gasteiger partial charge in [-0.05, 0) is 68.8 Å². The number of hydrogen-bond acceptors (Lipinski definition) is 6. The van der Waals surface area contributed by atoms with Gasteiger partial charge in [-0.15, -0.1) is 11.3 Å². The fourth-order valence-corrected chi connectivity index (χ4v) is 7.20. The molecule has 0 bridgehead atoms. The van der Waals surface area contributed by atoms with E-state index in [1.54, 1.807) is 11.8 Å². The number of thioether (sulfide) groups is 1. The van der Waals surface area contributed by atoms with E-state index in [0.717, 1.165) is 61.4 Å². The van der Waals surface area contributed by atoms with Crippen LogP contribution in [0.15, 0.2) is 17.6 Å². The van der Waals surface area contributed by atoms with Gasteiger partial charge in [-0.3, -0.25) is 9.89 Å². The van der Waals surface area contributed by atoms with Crippen LogP contribution in [0.5, 0.6) is 0 Å². The molecule has 0 aliphatic heterocycles. The molecular formula is C25H36N4O3S2. The van der Waals surface area contributed by atoms with E-state index in [0.29, 0.717) is 21.7 Å². The molecule has 2 N–H and O–H groups in total. The van der Waals surface area contributed by atoms with Crippen molar-refractivity contribution in [2.75, 3.05) is 4.90 Å². The Labute approximate surface area is 210 Å². The molecule has 2 aliphatic rings. The molecule has 0 unspecified atom stereocenters. The molecule has 9 heteroatoms. The summed E-state index contributed by atoms with van der Waals surface area (Å²) in [5, 5.41) is 18.2. The molecule has 0 saturated heterocycles. The predicted octanol–water partition coefficient (Wildman–Crippen LogP) is 6.12. The van der Waals surface area contributed by atoms with E-state index < -0.39 is 5.97 Å². The van der Waals surface area contributed by atoms with Crippen molar-refractivity contribution in [2.45, 2.75) is 101 Å². The van der Waals surface area contributed by atoms with E-state index in [2.05, 4.69) is 42.9 Å². The first-order valence-corrected chi connectivity index (χ1v) is 14.1. The molecule has 0 atom stereocenters. The number of hydrogen-bond donors (Lipinski definition) is 2. The van der Waals surface area contributed by atoms with Crippen molar-refractivity contribution >= 4 is 40.7 Å². The number of nitrogens with one attached hydrogen (secondary N) is 1. The van der Waals surface area contributed by atoms with Gasteiger partial charge in [0.15, 0.2) is 5.16 Å². The third kappa shape index (κ3) is 5.67. The molecule has 2 saturated carbocycles. The van der Waals surface area contributed by atoms with Crippen molar-refractivity contribution in [3.05, 3.63) is 22.1 Å². The number of aromatic carboxylic acids is 1. The van der Waals surface area contributed by atoms with Gasteiger partial charge in [0.25, 0.3) is 0 Å². The van der Waals surface area contributed by atoms with Crippen molar-refractivity contribution in [3.8, 4) is 0 Å². The van der Waals surface area contributed by atoms with Crippen LogP contribution in [0.3, 0.4) is 0 Å². The average Bonchev–Trinajstić information content (AvgIpc) is 3.46. The molecule has 34 heavy (non-hydrogen) atoms. The molecule has 4 rings (SSSR count). The number of nitrogens with zero attached hydrogens (tertiary/aromatic N) is 3. The maximum Gasteiger partial charge on any atom is 0.348 e. The highest BCUT2D eigenvalue weighted by atomic mass is 32.2. The molecule has 0 spiro atoms. The fourth-order valence-electron chi connectivity index (χ4n) is 5.11. The van der Waals surface area contributed by atoms with Crippen molar-refractivity contribution in [1.29, 1.82) is 0 Å². The lowest BCUT2D eigenvalue weighted by molar-refractivity contribution is -0.124. The zero-order valence-electron chi connectivity index (χ0n) is 20.5. The Hall–Kier alpha value is -1.87. The third-order valence-corrected chi connectivity index (χ3v) is 9.95. The summed E-state index contributed by atoms with van der Waals surface area (Å²) in [6.07, 6.45) is 9.08. The maximum absolute atomic E-state index is 14.0. The Kier molecular flexibility index (Phi) is 7.72. The second-order valence-corrected chi connectivity index (χ2v) is 13.2. The molecule has 7 nitrogen and oxygen atoms in total. The Morgan fingerprint density at radius 2 is 1.79 bits per heavy atom. The van der Waals surface area contributed by atoms with Crippen LogP contribution in [-0.2, 0) is 10.2 Å². The largest absolute Gasteiger partial charge is 0.477 e. The molecule has 2 aliphatic carbocycles. The number of carbonyl (C=O) groups is 2. The molecule has 1 amide bonds. The van der Waals surface area contributed by atoms with Gasteiger partial charge in [-0.2, -0.15) is 5.10 Å². The smallest absolute Gasteiger partial charge is 0.348 e. The van der Waals surface area contributed by atoms with Crippen LogP contribution >= 0.6 is 23.1 Å². The number of amides is 1. The molecule has 2 heterocycles. The highest BCUT2D eigenvalue weighted by Crippen LogP contribution is 2.43. The fraction of sp³-hybridized carbons (Fsp3) is 0.680. The van der Waals surface area contributed by atoms with E-state index in [4.69, 9.17) is 0 Å². The summed E-state index contributed by atoms with van der Waals surface area (Å²) in [6.45, 7) is 8.53. The van der Waals surface area contributed by atoms with E-state index in [9.17, 15) is 14.7 Å². The Morgan fingerprint density at radius 1 is 1.12 bits per heavy atom. The van der Waals surface area contributed by atoms with E-state index in [-0.39, 0.29) is 23.3 Å². The van der Waals surface area contributed by atoms with Crippen molar-refractivity contribution in [1.82, 2.24) is 15.2 Å². The molecular weight excluding hydrogens is 468 g/mol. The average molecular weight is 505 g/mol. The highest BCUT2D eigenvalue weighted by Gasteiger charge is 2.38. The van der Waals surface area contributed by atoms with E-state index in [1.165, 1.54) is 17.7 Å². The predicted molar refractivity (Wildman–Crippen MR) is 137 cm³/mol. The molecule has 0 aromatic carbocycles. The lowest BCUT2D eigenvalue weighted by Gasteiger charge is -2.39. The topological polar surface area (TPSA) is 99.2 Å². The van der Waals surface area contributed by atoms with Gasteiger partial charge in [0.05, 0.1) is 5.69 Å². The van der Waals surface area contributed by atoms with Crippen LogP contribution in [0.1, 0.15) is 93.6 Å². The van der Waals surface area contributed by atoms with Crippen molar-refractivity contribution in [2.24, 2.45) is 11.8 Å². The van der Waals surface area contributed by atoms with Gasteiger partial charge in [0, 0.05) is 22.1 Å². The quantitative estimate of drug-likeness (QED) is 0.491. The van der Waals surface area contributed by atoms with Crippen LogP contribution in [-0.4, -0.2) is 43.5 Å². The molecule has 2 aromatic rings. The van der Waals surface area contributed by atoms with Crippen LogP contribution < -0.4 is 4.90 Å². The number of aromatic nitrogens is 3. The van der Waals surface area contributed by atoms with Gasteiger partial charge in [0.2, 0.25) is 5.91 Å². The van der Waals surface area contributed by atoms with Gasteiger partial charge < -0.3 is 10.0 Å². The lowest BCUT2D eigenvalue weighted by atomic mass is 9.81. The summed E-state index contributed by atoms with van der Waals surface area (Å²) in [6, 6.07) is 2.01. The number of carboxylic acid groups (broad SMARTS) is 1. The Morgan fingerprint density at radius 3 is 2.35 bits per heavy atom. The van der Waals surface area contributed by atoms with Crippen LogP contribution in [0, 0.1) is 11.8 Å². The Balaban J connectivity index is 1.61. The number of carboxylic acids is 1.